The Bertz CT molecular complexity index is 1040. The van der Waals surface area contributed by atoms with E-state index in [4.69, 9.17) is 16.3 Å². The molecule has 0 unspecified atom stereocenters. The van der Waals surface area contributed by atoms with Crippen LogP contribution in [0.5, 0.6) is 5.75 Å². The largest absolute Gasteiger partial charge is 0.489 e. The van der Waals surface area contributed by atoms with Gasteiger partial charge in [-0.1, -0.05) is 77.8 Å². The van der Waals surface area contributed by atoms with E-state index in [2.05, 4.69) is 79.0 Å². The van der Waals surface area contributed by atoms with Gasteiger partial charge < -0.3 is 10.1 Å². The summed E-state index contributed by atoms with van der Waals surface area (Å²) in [6.07, 6.45) is 5.73. The fraction of sp³-hybridized carbons (Fsp3) is 0.231. The third-order valence-corrected chi connectivity index (χ3v) is 6.43. The number of hydrogen-bond acceptors (Lipinski definition) is 2. The van der Waals surface area contributed by atoms with Gasteiger partial charge in [-0.3, -0.25) is 0 Å². The minimum Gasteiger partial charge on any atom is -0.489 e. The number of aryl methyl sites for hydroxylation is 1. The van der Waals surface area contributed by atoms with E-state index in [-0.39, 0.29) is 6.04 Å². The smallest absolute Gasteiger partial charge is 0.119 e. The molecule has 1 aliphatic carbocycles. The average Bonchev–Trinajstić information content (AvgIpc) is 3.24. The molecule has 2 nitrogen and oxygen atoms in total. The van der Waals surface area contributed by atoms with Crippen LogP contribution >= 0.6 is 11.6 Å². The molecule has 0 spiro atoms. The van der Waals surface area contributed by atoms with Crippen molar-refractivity contribution in [2.24, 2.45) is 5.92 Å². The van der Waals surface area contributed by atoms with Gasteiger partial charge in [-0.15, -0.1) is 0 Å². The molecule has 3 atom stereocenters. The van der Waals surface area contributed by atoms with E-state index in [9.17, 15) is 0 Å². The number of benzene rings is 3. The lowest BCUT2D eigenvalue weighted by atomic mass is 9.77. The highest BCUT2D eigenvalue weighted by Gasteiger charge is 2.38. The van der Waals surface area contributed by atoms with Crippen molar-refractivity contribution < 1.29 is 4.74 Å². The van der Waals surface area contributed by atoms with Gasteiger partial charge in [-0.2, -0.15) is 0 Å². The van der Waals surface area contributed by atoms with Crippen molar-refractivity contribution in [3.63, 3.8) is 0 Å². The van der Waals surface area contributed by atoms with E-state index >= 15 is 0 Å². The van der Waals surface area contributed by atoms with Crippen LogP contribution in [0.4, 0.5) is 5.69 Å². The first-order valence-electron chi connectivity index (χ1n) is 10.2. The average molecular weight is 402 g/mol. The topological polar surface area (TPSA) is 21.3 Å². The Labute approximate surface area is 177 Å². The molecule has 1 heterocycles. The lowest BCUT2D eigenvalue weighted by molar-refractivity contribution is 0.306. The summed E-state index contributed by atoms with van der Waals surface area (Å²) >= 11 is 6.51. The zero-order valence-corrected chi connectivity index (χ0v) is 17.2. The first-order chi connectivity index (χ1) is 14.2. The Morgan fingerprint density at radius 3 is 2.59 bits per heavy atom. The van der Waals surface area contributed by atoms with Gasteiger partial charge in [0.15, 0.2) is 0 Å². The summed E-state index contributed by atoms with van der Waals surface area (Å²) < 4.78 is 5.98. The van der Waals surface area contributed by atoms with Crippen LogP contribution in [0, 0.1) is 12.8 Å². The van der Waals surface area contributed by atoms with Crippen molar-refractivity contribution in [2.75, 3.05) is 5.32 Å². The molecule has 1 N–H and O–H groups in total. The number of ether oxygens (including phenoxy) is 1. The summed E-state index contributed by atoms with van der Waals surface area (Å²) in [6.45, 7) is 2.68. The maximum absolute atomic E-state index is 6.51. The van der Waals surface area contributed by atoms with Crippen LogP contribution in [0.3, 0.4) is 0 Å². The highest BCUT2D eigenvalue weighted by atomic mass is 35.5. The first-order valence-corrected chi connectivity index (χ1v) is 10.6. The second kappa shape index (κ2) is 7.61. The zero-order valence-electron chi connectivity index (χ0n) is 16.4. The van der Waals surface area contributed by atoms with Crippen molar-refractivity contribution in [3.8, 4) is 5.75 Å². The Kier molecular flexibility index (Phi) is 4.81. The molecule has 3 heteroatoms. The Morgan fingerprint density at radius 1 is 1.00 bits per heavy atom. The summed E-state index contributed by atoms with van der Waals surface area (Å²) in [5, 5.41) is 4.52. The molecular weight excluding hydrogens is 378 g/mol. The van der Waals surface area contributed by atoms with Crippen molar-refractivity contribution in [2.45, 2.75) is 31.9 Å². The fourth-order valence-corrected chi connectivity index (χ4v) is 4.77. The van der Waals surface area contributed by atoms with Gasteiger partial charge in [-0.05, 0) is 54.2 Å². The number of para-hydroxylation sites is 1. The van der Waals surface area contributed by atoms with Gasteiger partial charge in [0.05, 0.1) is 16.8 Å². The summed E-state index contributed by atoms with van der Waals surface area (Å²) in [6, 6.07) is 23.4. The van der Waals surface area contributed by atoms with Gasteiger partial charge >= 0.3 is 0 Å². The Hall–Kier alpha value is -2.71. The van der Waals surface area contributed by atoms with Crippen LogP contribution in [-0.2, 0) is 6.61 Å². The van der Waals surface area contributed by atoms with Crippen LogP contribution in [-0.4, -0.2) is 0 Å². The molecule has 1 aliphatic heterocycles. The number of anilines is 1. The normalized spacial score (nSPS) is 21.9. The molecule has 29 heavy (non-hydrogen) atoms. The Balaban J connectivity index is 1.34. The summed E-state index contributed by atoms with van der Waals surface area (Å²) in [5.74, 6) is 1.83. The maximum atomic E-state index is 6.51. The van der Waals surface area contributed by atoms with E-state index in [0.29, 0.717) is 18.4 Å². The molecule has 0 fully saturated rings. The van der Waals surface area contributed by atoms with Crippen LogP contribution < -0.4 is 10.1 Å². The van der Waals surface area contributed by atoms with Crippen LogP contribution in [0.25, 0.3) is 0 Å². The highest BCUT2D eigenvalue weighted by Crippen LogP contribution is 2.51. The molecule has 3 aromatic rings. The summed E-state index contributed by atoms with van der Waals surface area (Å²) in [5.41, 5.74) is 6.10. The standard InChI is InChI=1S/C26H24ClNO/c1-17-8-10-18(11-9-17)16-29-20-14-12-19(13-15-20)25-22-5-2-4-21(22)23-6-3-7-24(27)26(23)28-25/h2-4,6-15,21-22,25,28H,5,16H2,1H3/t21-,22+,25-/m0/s1. The van der Waals surface area contributed by atoms with Crippen molar-refractivity contribution >= 4 is 17.3 Å². The highest BCUT2D eigenvalue weighted by molar-refractivity contribution is 6.33. The third kappa shape index (κ3) is 3.54. The molecule has 2 aliphatic rings. The summed E-state index contributed by atoms with van der Waals surface area (Å²) in [4.78, 5) is 0. The number of hydrogen-bond donors (Lipinski definition) is 1. The molecule has 146 valence electrons. The Morgan fingerprint density at radius 2 is 1.79 bits per heavy atom. The van der Waals surface area contributed by atoms with E-state index in [1.165, 1.54) is 22.3 Å². The third-order valence-electron chi connectivity index (χ3n) is 6.11. The van der Waals surface area contributed by atoms with Crippen molar-refractivity contribution in [1.29, 1.82) is 0 Å². The molecule has 0 saturated heterocycles. The zero-order chi connectivity index (χ0) is 19.8. The monoisotopic (exact) mass is 401 g/mol. The fourth-order valence-electron chi connectivity index (χ4n) is 4.54. The number of allylic oxidation sites excluding steroid dienone is 2. The molecule has 0 amide bonds. The lowest BCUT2D eigenvalue weighted by Gasteiger charge is -2.38. The van der Waals surface area contributed by atoms with Crippen molar-refractivity contribution in [1.82, 2.24) is 0 Å². The van der Waals surface area contributed by atoms with E-state index in [1.54, 1.807) is 0 Å². The van der Waals surface area contributed by atoms with E-state index in [1.807, 2.05) is 12.1 Å². The predicted molar refractivity (Wildman–Crippen MR) is 120 cm³/mol. The minimum atomic E-state index is 0.244. The SMILES string of the molecule is Cc1ccc(COc2ccc([C@@H]3Nc4c(Cl)cccc4[C@H]4C=CC[C@H]43)cc2)cc1. The van der Waals surface area contributed by atoms with Gasteiger partial charge in [0.2, 0.25) is 0 Å². The van der Waals surface area contributed by atoms with Gasteiger partial charge in [0.1, 0.15) is 12.4 Å². The van der Waals surface area contributed by atoms with E-state index < -0.39 is 0 Å². The van der Waals surface area contributed by atoms with Crippen molar-refractivity contribution in [3.05, 3.63) is 106 Å². The molecule has 3 aromatic carbocycles. The molecule has 0 radical (unpaired) electrons. The lowest BCUT2D eigenvalue weighted by Crippen LogP contribution is -2.29. The summed E-state index contributed by atoms with van der Waals surface area (Å²) in [7, 11) is 0. The van der Waals surface area contributed by atoms with Gasteiger partial charge in [0, 0.05) is 5.92 Å². The number of rotatable bonds is 4. The van der Waals surface area contributed by atoms with Crippen LogP contribution in [0.1, 0.15) is 40.6 Å². The van der Waals surface area contributed by atoms with Gasteiger partial charge in [0.25, 0.3) is 0 Å². The first kappa shape index (κ1) is 18.3. The molecule has 5 rings (SSSR count). The number of halogens is 1. The molecule has 0 aromatic heterocycles. The van der Waals surface area contributed by atoms with Crippen LogP contribution in [0.15, 0.2) is 78.9 Å². The minimum absolute atomic E-state index is 0.244. The molecule has 0 saturated carbocycles. The predicted octanol–water partition coefficient (Wildman–Crippen LogP) is 7.05. The molecule has 0 bridgehead atoms. The second-order valence-corrected chi connectivity index (χ2v) is 8.43. The van der Waals surface area contributed by atoms with Crippen LogP contribution in [0.2, 0.25) is 5.02 Å². The van der Waals surface area contributed by atoms with E-state index in [0.717, 1.165) is 22.9 Å². The number of nitrogens with one attached hydrogen (secondary N) is 1. The molecular formula is C26H24ClNO. The second-order valence-electron chi connectivity index (χ2n) is 8.02. The maximum Gasteiger partial charge on any atom is 0.119 e. The number of fused-ring (bicyclic) bond motifs is 3. The quantitative estimate of drug-likeness (QED) is 0.472. The van der Waals surface area contributed by atoms with Gasteiger partial charge in [-0.25, -0.2) is 0 Å².